The largest absolute Gasteiger partial charge is 0.364 e. The average Bonchev–Trinajstić information content (AvgIpc) is 3.26. The van der Waals surface area contributed by atoms with Crippen LogP contribution in [0.4, 0.5) is 5.69 Å². The third-order valence-corrected chi connectivity index (χ3v) is 6.49. The molecule has 1 aromatic rings. The first-order valence-corrected chi connectivity index (χ1v) is 12.9. The molecular weight excluding hydrogens is 398 g/mol. The fourth-order valence-electron chi connectivity index (χ4n) is 3.82. The Kier molecular flexibility index (Phi) is 8.16. The molecule has 0 spiro atoms. The summed E-state index contributed by atoms with van der Waals surface area (Å²) in [5.74, 6) is 1.09. The molecule has 0 aliphatic carbocycles. The third kappa shape index (κ3) is 7.32. The average molecular weight is 434 g/mol. The molecule has 166 valence electrons. The smallest absolute Gasteiger partial charge is 0.191 e. The monoisotopic (exact) mass is 433 g/mol. The summed E-state index contributed by atoms with van der Waals surface area (Å²) in [5, 5.41) is 6.91. The molecule has 1 saturated heterocycles. The summed E-state index contributed by atoms with van der Waals surface area (Å²) < 4.78 is 22.7. The van der Waals surface area contributed by atoms with Gasteiger partial charge in [0.2, 0.25) is 0 Å². The lowest BCUT2D eigenvalue weighted by Crippen LogP contribution is -2.49. The van der Waals surface area contributed by atoms with Crippen molar-refractivity contribution in [3.05, 3.63) is 42.0 Å². The topological polar surface area (TPSA) is 77.0 Å². The Labute approximate surface area is 181 Å². The van der Waals surface area contributed by atoms with Gasteiger partial charge in [0.15, 0.2) is 5.96 Å². The number of aliphatic imine (C=N–C) groups is 1. The first-order chi connectivity index (χ1) is 14.4. The van der Waals surface area contributed by atoms with Crippen molar-refractivity contribution in [3.63, 3.8) is 0 Å². The second-order valence-electron chi connectivity index (χ2n) is 8.13. The Morgan fingerprint density at radius 3 is 2.60 bits per heavy atom. The van der Waals surface area contributed by atoms with E-state index in [9.17, 15) is 8.42 Å². The van der Waals surface area contributed by atoms with Crippen molar-refractivity contribution in [2.45, 2.75) is 32.4 Å². The molecule has 0 amide bonds. The zero-order chi connectivity index (χ0) is 21.4. The number of hydrogen-bond acceptors (Lipinski definition) is 5. The highest BCUT2D eigenvalue weighted by molar-refractivity contribution is 7.90. The van der Waals surface area contributed by atoms with Gasteiger partial charge in [-0.25, -0.2) is 13.4 Å². The summed E-state index contributed by atoms with van der Waals surface area (Å²) in [5.41, 5.74) is 2.44. The van der Waals surface area contributed by atoms with Crippen LogP contribution in [0.3, 0.4) is 0 Å². The van der Waals surface area contributed by atoms with Gasteiger partial charge >= 0.3 is 0 Å². The highest BCUT2D eigenvalue weighted by Gasteiger charge is 2.20. The van der Waals surface area contributed by atoms with E-state index in [4.69, 9.17) is 4.99 Å². The van der Waals surface area contributed by atoms with Crippen molar-refractivity contribution in [1.82, 2.24) is 15.5 Å². The first-order valence-electron chi connectivity index (χ1n) is 10.9. The Morgan fingerprint density at radius 2 is 1.93 bits per heavy atom. The van der Waals surface area contributed by atoms with Crippen LogP contribution < -0.4 is 15.5 Å². The number of anilines is 1. The highest BCUT2D eigenvalue weighted by Crippen LogP contribution is 2.19. The Balaban J connectivity index is 1.51. The first kappa shape index (κ1) is 22.6. The number of hydrogen-bond donors (Lipinski definition) is 2. The number of guanidine groups is 1. The number of sulfone groups is 1. The maximum absolute atomic E-state index is 11.4. The van der Waals surface area contributed by atoms with Crippen LogP contribution in [0.15, 0.2) is 41.4 Å². The fourth-order valence-corrected chi connectivity index (χ4v) is 4.41. The summed E-state index contributed by atoms with van der Waals surface area (Å²) in [4.78, 5) is 9.38. The van der Waals surface area contributed by atoms with Gasteiger partial charge in [-0.3, -0.25) is 0 Å². The van der Waals surface area contributed by atoms with E-state index in [0.29, 0.717) is 19.1 Å². The van der Waals surface area contributed by atoms with Crippen LogP contribution in [0.25, 0.3) is 0 Å². The van der Waals surface area contributed by atoms with Gasteiger partial charge in [0.05, 0.1) is 12.3 Å². The lowest BCUT2D eigenvalue weighted by Gasteiger charge is -2.32. The van der Waals surface area contributed by atoms with Gasteiger partial charge in [0.1, 0.15) is 9.84 Å². The van der Waals surface area contributed by atoms with Crippen LogP contribution in [0, 0.1) is 0 Å². The minimum absolute atomic E-state index is 0.238. The number of nitrogens with one attached hydrogen (secondary N) is 2. The summed E-state index contributed by atoms with van der Waals surface area (Å²) in [6, 6.07) is 8.96. The number of rotatable bonds is 8. The van der Waals surface area contributed by atoms with E-state index >= 15 is 0 Å². The summed E-state index contributed by atoms with van der Waals surface area (Å²) >= 11 is 0. The molecule has 8 heteroatoms. The zero-order valence-corrected chi connectivity index (χ0v) is 19.0. The highest BCUT2D eigenvalue weighted by atomic mass is 32.2. The van der Waals surface area contributed by atoms with E-state index in [1.54, 1.807) is 0 Å². The molecule has 0 bridgehead atoms. The van der Waals surface area contributed by atoms with E-state index in [0.717, 1.165) is 51.5 Å². The summed E-state index contributed by atoms with van der Waals surface area (Å²) in [7, 11) is -2.90. The molecule has 7 nitrogen and oxygen atoms in total. The molecular formula is C22H35N5O2S. The molecule has 1 aromatic carbocycles. The molecule has 3 rings (SSSR count). The van der Waals surface area contributed by atoms with E-state index in [1.807, 2.05) is 0 Å². The van der Waals surface area contributed by atoms with E-state index in [-0.39, 0.29) is 5.75 Å². The molecule has 2 aliphatic rings. The molecule has 0 atom stereocenters. The van der Waals surface area contributed by atoms with Gasteiger partial charge in [-0.05, 0) is 37.5 Å². The van der Waals surface area contributed by atoms with Gasteiger partial charge in [-0.15, -0.1) is 0 Å². The van der Waals surface area contributed by atoms with Crippen molar-refractivity contribution in [2.75, 3.05) is 56.2 Å². The van der Waals surface area contributed by atoms with Gasteiger partial charge < -0.3 is 20.4 Å². The van der Waals surface area contributed by atoms with Crippen LogP contribution in [-0.4, -0.2) is 76.6 Å². The maximum Gasteiger partial charge on any atom is 0.191 e. The van der Waals surface area contributed by atoms with E-state index in [1.165, 1.54) is 17.5 Å². The molecule has 0 unspecified atom stereocenters. The van der Waals surface area contributed by atoms with Crippen molar-refractivity contribution in [2.24, 2.45) is 4.99 Å². The minimum atomic E-state index is -2.90. The normalized spacial score (nSPS) is 18.7. The van der Waals surface area contributed by atoms with Crippen molar-refractivity contribution in [3.8, 4) is 0 Å². The maximum atomic E-state index is 11.4. The van der Waals surface area contributed by atoms with Gasteiger partial charge in [-0.1, -0.05) is 24.3 Å². The lowest BCUT2D eigenvalue weighted by atomic mass is 10.1. The number of nitrogens with zero attached hydrogens (tertiary/aromatic N) is 3. The van der Waals surface area contributed by atoms with Crippen LogP contribution in [0.2, 0.25) is 0 Å². The van der Waals surface area contributed by atoms with Crippen molar-refractivity contribution < 1.29 is 8.42 Å². The Hall–Kier alpha value is -2.06. The lowest BCUT2D eigenvalue weighted by molar-refractivity contribution is 0.216. The van der Waals surface area contributed by atoms with Crippen LogP contribution in [0.1, 0.15) is 25.3 Å². The molecule has 2 aliphatic heterocycles. The van der Waals surface area contributed by atoms with Gasteiger partial charge in [0.25, 0.3) is 0 Å². The Morgan fingerprint density at radius 1 is 1.20 bits per heavy atom. The molecule has 1 fully saturated rings. The molecule has 2 N–H and O–H groups in total. The standard InChI is InChI=1S/C22H35N5O2S/c1-3-23-22(25-20-9-13-26(14-10-20)15-16-30(2,28)29)24-18-19-7-6-8-21(17-19)27-11-4-5-12-27/h4-8,17,20H,3,9-16,18H2,1-2H3,(H2,23,24,25). The second kappa shape index (κ2) is 10.8. The number of benzene rings is 1. The molecule has 0 aromatic heterocycles. The van der Waals surface area contributed by atoms with Gasteiger partial charge in [0, 0.05) is 57.3 Å². The van der Waals surface area contributed by atoms with Crippen LogP contribution >= 0.6 is 0 Å². The number of piperidine rings is 1. The molecule has 0 radical (unpaired) electrons. The van der Waals surface area contributed by atoms with Crippen molar-refractivity contribution >= 4 is 21.5 Å². The molecule has 30 heavy (non-hydrogen) atoms. The van der Waals surface area contributed by atoms with Crippen molar-refractivity contribution in [1.29, 1.82) is 0 Å². The fraction of sp³-hybridized carbons (Fsp3) is 0.591. The second-order valence-corrected chi connectivity index (χ2v) is 10.4. The summed E-state index contributed by atoms with van der Waals surface area (Å²) in [6.45, 7) is 7.93. The summed E-state index contributed by atoms with van der Waals surface area (Å²) in [6.07, 6.45) is 7.68. The minimum Gasteiger partial charge on any atom is -0.364 e. The molecule has 0 saturated carbocycles. The van der Waals surface area contributed by atoms with Crippen LogP contribution in [-0.2, 0) is 16.4 Å². The quantitative estimate of drug-likeness (QED) is 0.369. The number of likely N-dealkylation sites (tertiary alicyclic amines) is 1. The van der Waals surface area contributed by atoms with E-state index < -0.39 is 9.84 Å². The SMILES string of the molecule is CCNC(=NCc1cccc(N2CC=CC2)c1)NC1CCN(CCS(C)(=O)=O)CC1. The third-order valence-electron chi connectivity index (χ3n) is 5.56. The molecule has 2 heterocycles. The van der Waals surface area contributed by atoms with Gasteiger partial charge in [-0.2, -0.15) is 0 Å². The predicted molar refractivity (Wildman–Crippen MR) is 125 cm³/mol. The Bertz CT molecular complexity index is 837. The predicted octanol–water partition coefficient (Wildman–Crippen LogP) is 1.63. The van der Waals surface area contributed by atoms with E-state index in [2.05, 4.69) is 63.8 Å². The van der Waals surface area contributed by atoms with Crippen LogP contribution in [0.5, 0.6) is 0 Å². The zero-order valence-electron chi connectivity index (χ0n) is 18.2.